The molecule has 0 rings (SSSR count). The van der Waals surface area contributed by atoms with Crippen LogP contribution in [-0.4, -0.2) is 25.0 Å². The van der Waals surface area contributed by atoms with Crippen molar-refractivity contribution in [3.63, 3.8) is 0 Å². The molecular weight excluding hydrogens is 288 g/mol. The minimum atomic E-state index is -1.41. The molecule has 0 fully saturated rings. The van der Waals surface area contributed by atoms with Gasteiger partial charge in [0.05, 0.1) is 19.5 Å². The van der Waals surface area contributed by atoms with Gasteiger partial charge in [0.2, 0.25) is 5.79 Å². The van der Waals surface area contributed by atoms with Crippen molar-refractivity contribution in [3.05, 3.63) is 12.8 Å². The molecule has 0 saturated carbocycles. The summed E-state index contributed by atoms with van der Waals surface area (Å²) >= 11 is 0. The van der Waals surface area contributed by atoms with Gasteiger partial charge in [-0.25, -0.2) is 9.78 Å². The molecule has 130 valence electrons. The maximum Gasteiger partial charge on any atom is 0.316 e. The zero-order valence-electron chi connectivity index (χ0n) is 14.9. The summed E-state index contributed by atoms with van der Waals surface area (Å²) in [5.41, 5.74) is -0.177. The van der Waals surface area contributed by atoms with Crippen molar-refractivity contribution >= 4 is 5.97 Å². The Labute approximate surface area is 133 Å². The van der Waals surface area contributed by atoms with Gasteiger partial charge < -0.3 is 4.74 Å². The van der Waals surface area contributed by atoms with Gasteiger partial charge in [-0.1, -0.05) is 48.1 Å². The van der Waals surface area contributed by atoms with Crippen molar-refractivity contribution in [1.29, 1.82) is 0 Å². The van der Waals surface area contributed by atoms with Crippen molar-refractivity contribution in [2.24, 2.45) is 10.8 Å². The molecule has 0 saturated heterocycles. The Hall–Kier alpha value is -0.950. The topological polar surface area (TPSA) is 63.2 Å². The highest BCUT2D eigenvalue weighted by molar-refractivity contribution is 5.70. The maximum atomic E-state index is 11.6. The van der Waals surface area contributed by atoms with Crippen LogP contribution < -0.4 is 0 Å². The Morgan fingerprint density at radius 3 is 1.64 bits per heavy atom. The lowest BCUT2D eigenvalue weighted by Crippen LogP contribution is -2.37. The third kappa shape index (κ3) is 11.7. The highest BCUT2D eigenvalue weighted by Crippen LogP contribution is 2.23. The maximum absolute atomic E-state index is 11.6. The van der Waals surface area contributed by atoms with Crippen molar-refractivity contribution in [1.82, 2.24) is 0 Å². The molecule has 0 heterocycles. The van der Waals surface area contributed by atoms with Crippen molar-refractivity contribution < 1.29 is 29.1 Å². The predicted octanol–water partition coefficient (Wildman–Crippen LogP) is 3.77. The molecule has 0 amide bonds. The summed E-state index contributed by atoms with van der Waals surface area (Å²) in [7, 11) is 0. The summed E-state index contributed by atoms with van der Waals surface area (Å²) in [6.45, 7) is 17.5. The van der Waals surface area contributed by atoms with Crippen LogP contribution in [0.2, 0.25) is 0 Å². The van der Waals surface area contributed by atoms with Crippen LogP contribution in [0.1, 0.15) is 54.9 Å². The zero-order chi connectivity index (χ0) is 17.4. The van der Waals surface area contributed by atoms with Gasteiger partial charge in [0.25, 0.3) is 0 Å². The van der Waals surface area contributed by atoms with E-state index in [4.69, 9.17) is 19.6 Å². The second-order valence-electron chi connectivity index (χ2n) is 7.78. The first-order chi connectivity index (χ1) is 9.87. The molecule has 0 aliphatic rings. The van der Waals surface area contributed by atoms with Gasteiger partial charge in [0, 0.05) is 0 Å². The van der Waals surface area contributed by atoms with Crippen LogP contribution in [0.15, 0.2) is 12.8 Å². The monoisotopic (exact) mass is 318 g/mol. The molecule has 0 aliphatic carbocycles. The first-order valence-electron chi connectivity index (χ1n) is 7.29. The Bertz CT molecular complexity index is 331. The largest absolute Gasteiger partial charge is 0.435 e. The van der Waals surface area contributed by atoms with Crippen molar-refractivity contribution in [2.45, 2.75) is 60.7 Å². The van der Waals surface area contributed by atoms with E-state index in [9.17, 15) is 4.79 Å². The SMILES string of the molecule is C=COC(=O)CC(C)(OOCC(C)(C)C)OOCC(C)(C)C. The van der Waals surface area contributed by atoms with Crippen LogP contribution in [-0.2, 0) is 29.1 Å². The molecule has 22 heavy (non-hydrogen) atoms. The van der Waals surface area contributed by atoms with Crippen LogP contribution in [0.3, 0.4) is 0 Å². The molecule has 0 radical (unpaired) electrons. The summed E-state index contributed by atoms with van der Waals surface area (Å²) in [5.74, 6) is -1.97. The summed E-state index contributed by atoms with van der Waals surface area (Å²) in [4.78, 5) is 32.5. The van der Waals surface area contributed by atoms with Gasteiger partial charge in [-0.2, -0.15) is 9.78 Å². The van der Waals surface area contributed by atoms with Crippen LogP contribution in [0.4, 0.5) is 0 Å². The fraction of sp³-hybridized carbons (Fsp3) is 0.812. The van der Waals surface area contributed by atoms with Gasteiger partial charge in [-0.3, -0.25) is 4.79 Å². The number of ether oxygens (including phenoxy) is 1. The molecule has 0 N–H and O–H groups in total. The lowest BCUT2D eigenvalue weighted by Gasteiger charge is -2.28. The second-order valence-corrected chi connectivity index (χ2v) is 7.78. The van der Waals surface area contributed by atoms with E-state index >= 15 is 0 Å². The Morgan fingerprint density at radius 1 is 0.909 bits per heavy atom. The van der Waals surface area contributed by atoms with E-state index in [-0.39, 0.29) is 17.3 Å². The fourth-order valence-corrected chi connectivity index (χ4v) is 1.13. The fourth-order valence-electron chi connectivity index (χ4n) is 1.13. The Kier molecular flexibility index (Phi) is 8.25. The lowest BCUT2D eigenvalue weighted by molar-refractivity contribution is -0.510. The minimum Gasteiger partial charge on any atom is -0.435 e. The van der Waals surface area contributed by atoms with E-state index in [0.717, 1.165) is 6.26 Å². The Balaban J connectivity index is 4.59. The van der Waals surface area contributed by atoms with E-state index in [0.29, 0.717) is 13.2 Å². The summed E-state index contributed by atoms with van der Waals surface area (Å²) in [5, 5.41) is 0. The number of rotatable bonds is 9. The molecule has 6 nitrogen and oxygen atoms in total. The third-order valence-electron chi connectivity index (χ3n) is 2.13. The molecule has 0 aliphatic heterocycles. The summed E-state index contributed by atoms with van der Waals surface area (Å²) < 4.78 is 4.69. The van der Waals surface area contributed by atoms with E-state index in [1.54, 1.807) is 6.92 Å². The number of esters is 1. The van der Waals surface area contributed by atoms with Gasteiger partial charge >= 0.3 is 5.97 Å². The van der Waals surface area contributed by atoms with Crippen LogP contribution in [0, 0.1) is 10.8 Å². The predicted molar refractivity (Wildman–Crippen MR) is 82.3 cm³/mol. The number of carbonyl (C=O) groups is 1. The summed E-state index contributed by atoms with van der Waals surface area (Å²) in [6, 6.07) is 0. The quantitative estimate of drug-likeness (QED) is 0.212. The molecule has 0 aromatic rings. The first-order valence-corrected chi connectivity index (χ1v) is 7.29. The standard InChI is InChI=1S/C16H30O6/c1-9-18-13(17)10-16(8,21-19-11-14(2,3)4)22-20-12-15(5,6)7/h9H,1,10-12H2,2-8H3. The van der Waals surface area contributed by atoms with E-state index in [1.807, 2.05) is 41.5 Å². The van der Waals surface area contributed by atoms with E-state index in [1.165, 1.54) is 0 Å². The smallest absolute Gasteiger partial charge is 0.316 e. The highest BCUT2D eigenvalue weighted by Gasteiger charge is 2.35. The molecule has 0 spiro atoms. The molecule has 0 atom stereocenters. The lowest BCUT2D eigenvalue weighted by atomic mass is 9.99. The van der Waals surface area contributed by atoms with Crippen molar-refractivity contribution in [3.8, 4) is 0 Å². The van der Waals surface area contributed by atoms with Gasteiger partial charge in [-0.05, 0) is 17.8 Å². The average molecular weight is 318 g/mol. The van der Waals surface area contributed by atoms with Crippen LogP contribution >= 0.6 is 0 Å². The van der Waals surface area contributed by atoms with E-state index < -0.39 is 11.8 Å². The van der Waals surface area contributed by atoms with Crippen LogP contribution in [0.25, 0.3) is 0 Å². The minimum absolute atomic E-state index is 0.0885. The normalized spacial score (nSPS) is 13.0. The summed E-state index contributed by atoms with van der Waals surface area (Å²) in [6.07, 6.45) is 0.849. The number of carbonyl (C=O) groups excluding carboxylic acids is 1. The molecular formula is C16H30O6. The highest BCUT2D eigenvalue weighted by atomic mass is 17.3. The first kappa shape index (κ1) is 21.0. The molecule has 6 heteroatoms. The zero-order valence-corrected chi connectivity index (χ0v) is 14.9. The number of hydrogen-bond acceptors (Lipinski definition) is 6. The average Bonchev–Trinajstić information content (AvgIpc) is 2.24. The Morgan fingerprint density at radius 2 is 1.32 bits per heavy atom. The molecule has 0 bridgehead atoms. The third-order valence-corrected chi connectivity index (χ3v) is 2.13. The second kappa shape index (κ2) is 8.62. The van der Waals surface area contributed by atoms with Gasteiger partial charge in [0.15, 0.2) is 0 Å². The molecule has 0 aromatic carbocycles. The molecule has 0 unspecified atom stereocenters. The van der Waals surface area contributed by atoms with Gasteiger partial charge in [0.1, 0.15) is 6.42 Å². The molecule has 0 aromatic heterocycles. The number of hydrogen-bond donors (Lipinski definition) is 0. The van der Waals surface area contributed by atoms with Gasteiger partial charge in [-0.15, -0.1) is 0 Å². The van der Waals surface area contributed by atoms with Crippen LogP contribution in [0.5, 0.6) is 0 Å². The van der Waals surface area contributed by atoms with Crippen molar-refractivity contribution in [2.75, 3.05) is 13.2 Å². The van der Waals surface area contributed by atoms with E-state index in [2.05, 4.69) is 11.3 Å².